The summed E-state index contributed by atoms with van der Waals surface area (Å²) < 4.78 is 6.26. The maximum Gasteiger partial charge on any atom is 0.343 e. The zero-order valence-corrected chi connectivity index (χ0v) is 13.3. The topological polar surface area (TPSA) is 46.5 Å². The van der Waals surface area contributed by atoms with Crippen molar-refractivity contribution in [1.82, 2.24) is 0 Å². The minimum absolute atomic E-state index is 0.0708. The van der Waals surface area contributed by atoms with Gasteiger partial charge in [-0.25, -0.2) is 4.79 Å². The lowest BCUT2D eigenvalue weighted by Crippen LogP contribution is -2.27. The van der Waals surface area contributed by atoms with Crippen LogP contribution >= 0.6 is 27.5 Å². The Morgan fingerprint density at radius 3 is 2.65 bits per heavy atom. The van der Waals surface area contributed by atoms with E-state index in [2.05, 4.69) is 15.9 Å². The van der Waals surface area contributed by atoms with Crippen LogP contribution in [-0.4, -0.2) is 16.7 Å². The quantitative estimate of drug-likeness (QED) is 0.750. The SMILES string of the molecule is Cc1cc(Br)c(Cl)cc1C1=C(O)C2(CCCC2)OC1=O. The van der Waals surface area contributed by atoms with Crippen molar-refractivity contribution in [2.75, 3.05) is 0 Å². The largest absolute Gasteiger partial charge is 0.507 e. The number of hydrogen-bond donors (Lipinski definition) is 1. The van der Waals surface area contributed by atoms with E-state index in [4.69, 9.17) is 16.3 Å². The van der Waals surface area contributed by atoms with Crippen LogP contribution in [0.4, 0.5) is 0 Å². The number of ether oxygens (including phenoxy) is 1. The van der Waals surface area contributed by atoms with Crippen molar-refractivity contribution in [2.45, 2.75) is 38.2 Å². The third-order valence-corrected chi connectivity index (χ3v) is 5.31. The molecule has 5 heteroatoms. The lowest BCUT2D eigenvalue weighted by Gasteiger charge is -2.21. The molecule has 0 amide bonds. The van der Waals surface area contributed by atoms with E-state index in [9.17, 15) is 9.90 Å². The number of carbonyl (C=O) groups is 1. The molecule has 0 bridgehead atoms. The maximum atomic E-state index is 12.2. The van der Waals surface area contributed by atoms with Crippen molar-refractivity contribution in [1.29, 1.82) is 0 Å². The fraction of sp³-hybridized carbons (Fsp3) is 0.400. The standard InChI is InChI=1S/C15H14BrClO3/c1-8-6-10(16)11(17)7-9(8)12-13(18)15(20-14(12)19)4-2-3-5-15/h6-7,18H,2-5H2,1H3. The number of halogens is 2. The molecule has 0 atom stereocenters. The third-order valence-electron chi connectivity index (χ3n) is 4.11. The second kappa shape index (κ2) is 4.78. The second-order valence-electron chi connectivity index (χ2n) is 5.40. The third kappa shape index (κ3) is 1.97. The molecule has 20 heavy (non-hydrogen) atoms. The first-order valence-corrected chi connectivity index (χ1v) is 7.75. The van der Waals surface area contributed by atoms with Gasteiger partial charge in [0.1, 0.15) is 5.57 Å². The first-order valence-electron chi connectivity index (χ1n) is 6.58. The van der Waals surface area contributed by atoms with Crippen LogP contribution in [0.25, 0.3) is 5.57 Å². The van der Waals surface area contributed by atoms with Crippen LogP contribution < -0.4 is 0 Å². The van der Waals surface area contributed by atoms with Gasteiger partial charge in [-0.2, -0.15) is 0 Å². The Labute approximate surface area is 130 Å². The van der Waals surface area contributed by atoms with Crippen molar-refractivity contribution in [2.24, 2.45) is 0 Å². The zero-order valence-electron chi connectivity index (χ0n) is 11.0. The van der Waals surface area contributed by atoms with E-state index < -0.39 is 11.6 Å². The molecule has 3 nitrogen and oxygen atoms in total. The smallest absolute Gasteiger partial charge is 0.343 e. The van der Waals surface area contributed by atoms with E-state index in [1.165, 1.54) is 0 Å². The minimum Gasteiger partial charge on any atom is -0.507 e. The highest BCUT2D eigenvalue weighted by Crippen LogP contribution is 2.47. The molecule has 0 saturated heterocycles. The molecular weight excluding hydrogens is 344 g/mol. The highest BCUT2D eigenvalue weighted by Gasteiger charge is 2.50. The summed E-state index contributed by atoms with van der Waals surface area (Å²) in [5, 5.41) is 11.0. The normalized spacial score (nSPS) is 20.9. The van der Waals surface area contributed by atoms with Crippen LogP contribution in [0.2, 0.25) is 5.02 Å². The summed E-state index contributed by atoms with van der Waals surface area (Å²) >= 11 is 9.46. The van der Waals surface area contributed by atoms with Crippen LogP contribution in [-0.2, 0) is 9.53 Å². The average molecular weight is 358 g/mol. The summed E-state index contributed by atoms with van der Waals surface area (Å²) in [4.78, 5) is 12.2. The Hall–Kier alpha value is -1.00. The van der Waals surface area contributed by atoms with Gasteiger partial charge in [-0.3, -0.25) is 0 Å². The summed E-state index contributed by atoms with van der Waals surface area (Å²) in [6.45, 7) is 1.88. The molecule has 3 rings (SSSR count). The minimum atomic E-state index is -0.793. The van der Waals surface area contributed by atoms with Gasteiger partial charge in [-0.15, -0.1) is 0 Å². The summed E-state index contributed by atoms with van der Waals surface area (Å²) in [6.07, 6.45) is 3.31. The lowest BCUT2D eigenvalue weighted by atomic mass is 9.94. The van der Waals surface area contributed by atoms with Crippen molar-refractivity contribution in [3.63, 3.8) is 0 Å². The van der Waals surface area contributed by atoms with Gasteiger partial charge in [0, 0.05) is 4.47 Å². The molecule has 1 saturated carbocycles. The number of aliphatic hydroxyl groups excluding tert-OH is 1. The number of esters is 1. The van der Waals surface area contributed by atoms with Gasteiger partial charge in [0.25, 0.3) is 0 Å². The molecule has 1 aromatic rings. The Bertz CT molecular complexity index is 630. The number of carbonyl (C=O) groups excluding carboxylic acids is 1. The van der Waals surface area contributed by atoms with Crippen molar-refractivity contribution < 1.29 is 14.6 Å². The lowest BCUT2D eigenvalue weighted by molar-refractivity contribution is -0.146. The van der Waals surface area contributed by atoms with Gasteiger partial charge < -0.3 is 9.84 Å². The molecule has 106 valence electrons. The van der Waals surface area contributed by atoms with Crippen LogP contribution in [0.15, 0.2) is 22.4 Å². The fourth-order valence-electron chi connectivity index (χ4n) is 3.04. The molecule has 1 spiro atoms. The van der Waals surface area contributed by atoms with Gasteiger partial charge in [0.15, 0.2) is 11.4 Å². The highest BCUT2D eigenvalue weighted by molar-refractivity contribution is 9.10. The molecule has 0 unspecified atom stereocenters. The number of benzene rings is 1. The highest BCUT2D eigenvalue weighted by atomic mass is 79.9. The number of rotatable bonds is 1. The predicted octanol–water partition coefficient (Wildman–Crippen LogP) is 4.55. The van der Waals surface area contributed by atoms with E-state index in [0.717, 1.165) is 22.9 Å². The summed E-state index contributed by atoms with van der Waals surface area (Å²) in [6, 6.07) is 3.53. The Morgan fingerprint density at radius 2 is 2.00 bits per heavy atom. The van der Waals surface area contributed by atoms with Crippen LogP contribution in [0.3, 0.4) is 0 Å². The first-order chi connectivity index (χ1) is 9.44. The monoisotopic (exact) mass is 356 g/mol. The number of aryl methyl sites for hydroxylation is 1. The molecule has 2 aliphatic rings. The summed E-state index contributed by atoms with van der Waals surface area (Å²) in [5.74, 6) is -0.382. The van der Waals surface area contributed by atoms with Gasteiger partial charge in [-0.1, -0.05) is 11.6 Å². The average Bonchev–Trinajstić information content (AvgIpc) is 2.93. The molecule has 0 radical (unpaired) electrons. The second-order valence-corrected chi connectivity index (χ2v) is 6.66. The van der Waals surface area contributed by atoms with E-state index in [1.54, 1.807) is 6.07 Å². The van der Waals surface area contributed by atoms with E-state index in [0.29, 0.717) is 23.4 Å². The van der Waals surface area contributed by atoms with E-state index in [1.807, 2.05) is 13.0 Å². The Kier molecular flexibility index (Phi) is 3.33. The van der Waals surface area contributed by atoms with Crippen LogP contribution in [0.1, 0.15) is 36.8 Å². The van der Waals surface area contributed by atoms with E-state index in [-0.39, 0.29) is 11.3 Å². The molecule has 1 fully saturated rings. The molecule has 1 aliphatic heterocycles. The molecule has 1 heterocycles. The van der Waals surface area contributed by atoms with Crippen molar-refractivity contribution >= 4 is 39.1 Å². The molecule has 1 aliphatic carbocycles. The van der Waals surface area contributed by atoms with Gasteiger partial charge in [0.05, 0.1) is 5.02 Å². The molecule has 0 aromatic heterocycles. The van der Waals surface area contributed by atoms with Gasteiger partial charge in [-0.05, 0) is 71.8 Å². The predicted molar refractivity (Wildman–Crippen MR) is 80.7 cm³/mol. The zero-order chi connectivity index (χ0) is 14.5. The fourth-order valence-corrected chi connectivity index (χ4v) is 3.66. The maximum absolute atomic E-state index is 12.2. The van der Waals surface area contributed by atoms with E-state index >= 15 is 0 Å². The van der Waals surface area contributed by atoms with Crippen molar-refractivity contribution in [3.05, 3.63) is 38.5 Å². The number of hydrogen-bond acceptors (Lipinski definition) is 3. The Balaban J connectivity index is 2.16. The summed E-state index contributed by atoms with van der Waals surface area (Å²) in [7, 11) is 0. The van der Waals surface area contributed by atoms with Crippen molar-refractivity contribution in [3.8, 4) is 0 Å². The summed E-state index contributed by atoms with van der Waals surface area (Å²) in [5.41, 5.74) is 0.983. The first kappa shape index (κ1) is 14.0. The van der Waals surface area contributed by atoms with Gasteiger partial charge >= 0.3 is 5.97 Å². The number of aliphatic hydroxyl groups is 1. The Morgan fingerprint density at radius 1 is 1.35 bits per heavy atom. The van der Waals surface area contributed by atoms with Crippen LogP contribution in [0, 0.1) is 6.92 Å². The van der Waals surface area contributed by atoms with Crippen LogP contribution in [0.5, 0.6) is 0 Å². The molecule has 1 N–H and O–H groups in total. The molecule has 1 aromatic carbocycles. The molecular formula is C15H14BrClO3. The van der Waals surface area contributed by atoms with Gasteiger partial charge in [0.2, 0.25) is 0 Å².